The number of nitrogens with one attached hydrogen (secondary N) is 1. The minimum Gasteiger partial charge on any atom is -0.497 e. The molecule has 1 N–H and O–H groups in total. The van der Waals surface area contributed by atoms with Crippen molar-refractivity contribution in [1.29, 1.82) is 0 Å². The number of carbonyl (C=O) groups is 1. The summed E-state index contributed by atoms with van der Waals surface area (Å²) >= 11 is 1.90. The zero-order valence-corrected chi connectivity index (χ0v) is 18.6. The van der Waals surface area contributed by atoms with Gasteiger partial charge in [-0.2, -0.15) is 0 Å². The third-order valence-corrected chi connectivity index (χ3v) is 7.04. The fraction of sp³-hybridized carbons (Fsp3) is 0.320. The molecule has 1 aromatic heterocycles. The van der Waals surface area contributed by atoms with Crippen LogP contribution in [0.1, 0.15) is 39.4 Å². The number of hydrogen-bond acceptors (Lipinski definition) is 4. The largest absolute Gasteiger partial charge is 0.497 e. The second kappa shape index (κ2) is 9.02. The van der Waals surface area contributed by atoms with Crippen molar-refractivity contribution in [2.24, 2.45) is 0 Å². The second-order valence-corrected chi connectivity index (χ2v) is 8.90. The predicted molar refractivity (Wildman–Crippen MR) is 124 cm³/mol. The van der Waals surface area contributed by atoms with Crippen molar-refractivity contribution in [2.45, 2.75) is 32.7 Å². The number of benzene rings is 2. The van der Waals surface area contributed by atoms with Gasteiger partial charge in [0.1, 0.15) is 5.75 Å². The van der Waals surface area contributed by atoms with E-state index < -0.39 is 0 Å². The molecule has 1 aliphatic heterocycles. The Morgan fingerprint density at radius 3 is 2.57 bits per heavy atom. The molecule has 0 unspecified atom stereocenters. The fourth-order valence-electron chi connectivity index (χ4n) is 4.38. The third kappa shape index (κ3) is 4.13. The van der Waals surface area contributed by atoms with Crippen molar-refractivity contribution >= 4 is 22.9 Å². The molecule has 4 nitrogen and oxygen atoms in total. The first kappa shape index (κ1) is 20.6. The number of amides is 1. The van der Waals surface area contributed by atoms with Crippen LogP contribution in [0.3, 0.4) is 0 Å². The van der Waals surface area contributed by atoms with E-state index in [2.05, 4.69) is 48.3 Å². The lowest BCUT2D eigenvalue weighted by atomic mass is 9.91. The van der Waals surface area contributed by atoms with Gasteiger partial charge in [0.05, 0.1) is 19.7 Å². The Morgan fingerprint density at radius 1 is 1.17 bits per heavy atom. The van der Waals surface area contributed by atoms with E-state index in [1.54, 1.807) is 7.11 Å². The summed E-state index contributed by atoms with van der Waals surface area (Å²) in [7, 11) is 1.64. The van der Waals surface area contributed by atoms with Gasteiger partial charge in [0.25, 0.3) is 0 Å². The highest BCUT2D eigenvalue weighted by Gasteiger charge is 2.33. The lowest BCUT2D eigenvalue weighted by Gasteiger charge is -2.36. The lowest BCUT2D eigenvalue weighted by molar-refractivity contribution is -0.117. The Morgan fingerprint density at radius 2 is 1.90 bits per heavy atom. The van der Waals surface area contributed by atoms with Crippen LogP contribution in [0.2, 0.25) is 0 Å². The van der Waals surface area contributed by atoms with Crippen molar-refractivity contribution < 1.29 is 9.53 Å². The smallest absolute Gasteiger partial charge is 0.238 e. The number of nitrogens with zero attached hydrogens (tertiary/aromatic N) is 1. The molecule has 1 aliphatic rings. The van der Waals surface area contributed by atoms with Crippen LogP contribution < -0.4 is 10.1 Å². The minimum atomic E-state index is 0.00791. The Balaban J connectivity index is 1.58. The third-order valence-electron chi connectivity index (χ3n) is 5.80. The summed E-state index contributed by atoms with van der Waals surface area (Å²) in [6, 6.07) is 18.1. The molecule has 0 aliphatic carbocycles. The SMILES string of the molecule is CCc1c(C)sc2c1CCN(CC(=O)Nc1ccc(OC)cc1)[C@@H]2c1ccccc1. The van der Waals surface area contributed by atoms with Crippen LogP contribution in [0.25, 0.3) is 0 Å². The van der Waals surface area contributed by atoms with Crippen LogP contribution >= 0.6 is 11.3 Å². The highest BCUT2D eigenvalue weighted by molar-refractivity contribution is 7.12. The van der Waals surface area contributed by atoms with Crippen molar-refractivity contribution in [3.8, 4) is 5.75 Å². The van der Waals surface area contributed by atoms with E-state index in [4.69, 9.17) is 4.74 Å². The molecule has 0 radical (unpaired) electrons. The highest BCUT2D eigenvalue weighted by Crippen LogP contribution is 2.42. The number of methoxy groups -OCH3 is 1. The van der Waals surface area contributed by atoms with Crippen LogP contribution in [-0.2, 0) is 17.6 Å². The van der Waals surface area contributed by atoms with Crippen molar-refractivity contribution in [3.05, 3.63) is 81.0 Å². The number of ether oxygens (including phenoxy) is 1. The average Bonchev–Trinajstić information content (AvgIpc) is 3.09. The molecule has 5 heteroatoms. The maximum absolute atomic E-state index is 12.9. The van der Waals surface area contributed by atoms with E-state index in [0.717, 1.165) is 30.8 Å². The molecular formula is C25H28N2O2S. The number of anilines is 1. The number of fused-ring (bicyclic) bond motifs is 1. The molecule has 0 saturated carbocycles. The molecule has 1 amide bonds. The van der Waals surface area contributed by atoms with E-state index in [0.29, 0.717) is 6.54 Å². The molecule has 1 atom stereocenters. The van der Waals surface area contributed by atoms with E-state index in [9.17, 15) is 4.79 Å². The summed E-state index contributed by atoms with van der Waals surface area (Å²) in [6.07, 6.45) is 2.07. The van der Waals surface area contributed by atoms with Gasteiger partial charge in [-0.15, -0.1) is 11.3 Å². The second-order valence-electron chi connectivity index (χ2n) is 7.64. The zero-order valence-electron chi connectivity index (χ0n) is 17.8. The molecule has 156 valence electrons. The normalized spacial score (nSPS) is 16.2. The maximum Gasteiger partial charge on any atom is 0.238 e. The van der Waals surface area contributed by atoms with Crippen LogP contribution in [0.15, 0.2) is 54.6 Å². The number of rotatable bonds is 6. The number of thiophene rings is 1. The molecule has 3 aromatic rings. The topological polar surface area (TPSA) is 41.6 Å². The van der Waals surface area contributed by atoms with E-state index in [1.165, 1.54) is 26.4 Å². The van der Waals surface area contributed by atoms with E-state index in [-0.39, 0.29) is 11.9 Å². The Labute approximate surface area is 182 Å². The van der Waals surface area contributed by atoms with Crippen LogP contribution in [0, 0.1) is 6.92 Å². The zero-order chi connectivity index (χ0) is 21.1. The first-order chi connectivity index (χ1) is 14.6. The van der Waals surface area contributed by atoms with Gasteiger partial charge in [-0.1, -0.05) is 37.3 Å². The van der Waals surface area contributed by atoms with E-state index >= 15 is 0 Å². The van der Waals surface area contributed by atoms with E-state index in [1.807, 2.05) is 41.7 Å². The van der Waals surface area contributed by atoms with Gasteiger partial charge >= 0.3 is 0 Å². The van der Waals surface area contributed by atoms with Gasteiger partial charge in [0.15, 0.2) is 0 Å². The number of aryl methyl sites for hydroxylation is 1. The molecule has 30 heavy (non-hydrogen) atoms. The highest BCUT2D eigenvalue weighted by atomic mass is 32.1. The Bertz CT molecular complexity index is 1010. The molecular weight excluding hydrogens is 392 g/mol. The van der Waals surface area contributed by atoms with Crippen molar-refractivity contribution in [2.75, 3.05) is 25.5 Å². The fourth-order valence-corrected chi connectivity index (χ4v) is 5.85. The summed E-state index contributed by atoms with van der Waals surface area (Å²) in [6.45, 7) is 5.71. The predicted octanol–water partition coefficient (Wildman–Crippen LogP) is 5.21. The first-order valence-corrected chi connectivity index (χ1v) is 11.3. The monoisotopic (exact) mass is 420 g/mol. The molecule has 0 bridgehead atoms. The molecule has 0 saturated heterocycles. The summed E-state index contributed by atoms with van der Waals surface area (Å²) in [4.78, 5) is 18.0. The van der Waals surface area contributed by atoms with Crippen molar-refractivity contribution in [3.63, 3.8) is 0 Å². The number of carbonyl (C=O) groups excluding carboxylic acids is 1. The van der Waals surface area contributed by atoms with Gasteiger partial charge < -0.3 is 10.1 Å². The molecule has 0 spiro atoms. The van der Waals surface area contributed by atoms with Gasteiger partial charge in [0.2, 0.25) is 5.91 Å². The minimum absolute atomic E-state index is 0.00791. The molecule has 4 rings (SSSR count). The summed E-state index contributed by atoms with van der Waals surface area (Å²) in [5.74, 6) is 0.786. The van der Waals surface area contributed by atoms with Crippen LogP contribution in [-0.4, -0.2) is 31.0 Å². The lowest BCUT2D eigenvalue weighted by Crippen LogP contribution is -2.40. The standard InChI is InChI=1S/C25H28N2O2S/c1-4-21-17(2)30-25-22(21)14-15-27(24(25)18-8-6-5-7-9-18)16-23(28)26-19-10-12-20(29-3)13-11-19/h5-13,24H,4,14-16H2,1-3H3,(H,26,28)/t24-/m1/s1. The van der Waals surface area contributed by atoms with Crippen LogP contribution in [0.5, 0.6) is 5.75 Å². The summed E-state index contributed by atoms with van der Waals surface area (Å²) in [5.41, 5.74) is 5.04. The Kier molecular flexibility index (Phi) is 6.21. The molecule has 2 heterocycles. The summed E-state index contributed by atoms with van der Waals surface area (Å²) < 4.78 is 5.19. The van der Waals surface area contributed by atoms with Gasteiger partial charge in [-0.05, 0) is 60.7 Å². The average molecular weight is 421 g/mol. The van der Waals surface area contributed by atoms with Gasteiger partial charge in [0, 0.05) is 22.0 Å². The Hall–Kier alpha value is -2.63. The van der Waals surface area contributed by atoms with Gasteiger partial charge in [-0.25, -0.2) is 0 Å². The van der Waals surface area contributed by atoms with Crippen molar-refractivity contribution in [1.82, 2.24) is 4.90 Å². The molecule has 0 fully saturated rings. The quantitative estimate of drug-likeness (QED) is 0.595. The van der Waals surface area contributed by atoms with Gasteiger partial charge in [-0.3, -0.25) is 9.69 Å². The maximum atomic E-state index is 12.9. The van der Waals surface area contributed by atoms with Crippen LogP contribution in [0.4, 0.5) is 5.69 Å². The summed E-state index contributed by atoms with van der Waals surface area (Å²) in [5, 5.41) is 3.03. The first-order valence-electron chi connectivity index (χ1n) is 10.4. The number of hydrogen-bond donors (Lipinski definition) is 1. The molecule has 2 aromatic carbocycles.